The average molecular weight is 362 g/mol. The summed E-state index contributed by atoms with van der Waals surface area (Å²) in [7, 11) is 0. The third-order valence-corrected chi connectivity index (χ3v) is 5.78. The second-order valence-corrected chi connectivity index (χ2v) is 8.68. The van der Waals surface area contributed by atoms with Crippen molar-refractivity contribution in [3.05, 3.63) is 12.2 Å². The van der Waals surface area contributed by atoms with Crippen molar-refractivity contribution in [3.8, 4) is 0 Å². The molecule has 2 fully saturated rings. The first-order valence-electron chi connectivity index (χ1n) is 9.66. The van der Waals surface area contributed by atoms with Crippen molar-refractivity contribution in [3.63, 3.8) is 0 Å². The van der Waals surface area contributed by atoms with Gasteiger partial charge in [0.1, 0.15) is 0 Å². The summed E-state index contributed by atoms with van der Waals surface area (Å²) < 4.78 is 5.54. The molecule has 3 amide bonds. The summed E-state index contributed by atoms with van der Waals surface area (Å²) in [5.74, 6) is -0.280. The number of carbonyl (C=O) groups excluding carboxylic acids is 3. The lowest BCUT2D eigenvalue weighted by molar-refractivity contribution is -0.141. The van der Waals surface area contributed by atoms with Gasteiger partial charge in [0.15, 0.2) is 0 Å². The zero-order valence-electron chi connectivity index (χ0n) is 16.2. The number of carbonyl (C=O) groups is 3. The molecular formula is C20H30N2O4. The number of ether oxygens (including phenoxy) is 1. The highest BCUT2D eigenvalue weighted by atomic mass is 16.5. The third-order valence-electron chi connectivity index (χ3n) is 5.78. The van der Waals surface area contributed by atoms with Crippen LogP contribution in [0, 0.1) is 23.7 Å². The van der Waals surface area contributed by atoms with E-state index in [0.29, 0.717) is 13.0 Å². The van der Waals surface area contributed by atoms with E-state index < -0.39 is 0 Å². The molecule has 26 heavy (non-hydrogen) atoms. The highest BCUT2D eigenvalue weighted by molar-refractivity contribution is 6.06. The molecule has 3 rings (SSSR count). The number of allylic oxidation sites excluding steroid dienone is 2. The van der Waals surface area contributed by atoms with Crippen molar-refractivity contribution >= 4 is 17.7 Å². The topological polar surface area (TPSA) is 75.7 Å². The lowest BCUT2D eigenvalue weighted by Gasteiger charge is -2.27. The molecule has 0 aromatic carbocycles. The van der Waals surface area contributed by atoms with Crippen LogP contribution < -0.4 is 5.32 Å². The Balaban J connectivity index is 1.48. The molecule has 6 nitrogen and oxygen atoms in total. The molecule has 0 radical (unpaired) electrons. The third kappa shape index (κ3) is 3.70. The van der Waals surface area contributed by atoms with E-state index in [1.807, 2.05) is 27.7 Å². The van der Waals surface area contributed by atoms with Crippen LogP contribution in [0.3, 0.4) is 0 Å². The molecule has 1 N–H and O–H groups in total. The predicted molar refractivity (Wildman–Crippen MR) is 97.0 cm³/mol. The number of hydrogen-bond donors (Lipinski definition) is 1. The van der Waals surface area contributed by atoms with Crippen LogP contribution in [-0.4, -0.2) is 47.4 Å². The maximum absolute atomic E-state index is 12.6. The van der Waals surface area contributed by atoms with Crippen molar-refractivity contribution in [2.24, 2.45) is 23.7 Å². The SMILES string of the molecule is CC(C)OCCC(C)(C)NC(=O)CCN1C(=O)[C@@H]2C3C=CC(C3)[C@@H]2C1=O. The van der Waals surface area contributed by atoms with Crippen molar-refractivity contribution < 1.29 is 19.1 Å². The van der Waals surface area contributed by atoms with E-state index in [9.17, 15) is 14.4 Å². The minimum absolute atomic E-state index is 0.0887. The van der Waals surface area contributed by atoms with Crippen molar-refractivity contribution in [2.45, 2.75) is 58.6 Å². The van der Waals surface area contributed by atoms with Crippen LogP contribution in [0.4, 0.5) is 0 Å². The Morgan fingerprint density at radius 2 is 1.81 bits per heavy atom. The Morgan fingerprint density at radius 3 is 2.35 bits per heavy atom. The zero-order chi connectivity index (χ0) is 19.1. The second kappa shape index (κ2) is 7.14. The van der Waals surface area contributed by atoms with Gasteiger partial charge in [-0.1, -0.05) is 12.2 Å². The second-order valence-electron chi connectivity index (χ2n) is 8.68. The van der Waals surface area contributed by atoms with Gasteiger partial charge in [0, 0.05) is 25.1 Å². The van der Waals surface area contributed by atoms with E-state index in [1.165, 1.54) is 4.90 Å². The fourth-order valence-electron chi connectivity index (χ4n) is 4.45. The molecule has 1 saturated carbocycles. The van der Waals surface area contributed by atoms with E-state index in [-0.39, 0.29) is 66.0 Å². The molecule has 1 saturated heterocycles. The quantitative estimate of drug-likeness (QED) is 0.528. The number of nitrogens with zero attached hydrogens (tertiary/aromatic N) is 1. The van der Waals surface area contributed by atoms with Gasteiger partial charge in [0.2, 0.25) is 17.7 Å². The predicted octanol–water partition coefficient (Wildman–Crippen LogP) is 1.89. The standard InChI is InChI=1S/C20H30N2O4/c1-12(2)26-10-8-20(3,4)21-15(23)7-9-22-18(24)16-13-5-6-14(11-13)17(16)19(22)25/h5-6,12-14,16-17H,7-11H2,1-4H3,(H,21,23)/t13?,14?,16-,17+. The molecule has 2 unspecified atom stereocenters. The van der Waals surface area contributed by atoms with E-state index >= 15 is 0 Å². The highest BCUT2D eigenvalue weighted by Crippen LogP contribution is 2.52. The molecule has 1 aliphatic heterocycles. The van der Waals surface area contributed by atoms with Crippen molar-refractivity contribution in [2.75, 3.05) is 13.2 Å². The van der Waals surface area contributed by atoms with Gasteiger partial charge in [-0.3, -0.25) is 19.3 Å². The number of amides is 3. The molecule has 2 bridgehead atoms. The monoisotopic (exact) mass is 362 g/mol. The van der Waals surface area contributed by atoms with Gasteiger partial charge < -0.3 is 10.1 Å². The first-order valence-corrected chi connectivity index (χ1v) is 9.66. The highest BCUT2D eigenvalue weighted by Gasteiger charge is 2.59. The number of nitrogens with one attached hydrogen (secondary N) is 1. The fourth-order valence-corrected chi connectivity index (χ4v) is 4.45. The first kappa shape index (κ1) is 19.1. The molecule has 3 aliphatic rings. The summed E-state index contributed by atoms with van der Waals surface area (Å²) >= 11 is 0. The lowest BCUT2D eigenvalue weighted by Crippen LogP contribution is -2.45. The van der Waals surface area contributed by atoms with Gasteiger partial charge in [-0.25, -0.2) is 0 Å². The number of rotatable bonds is 8. The zero-order valence-corrected chi connectivity index (χ0v) is 16.2. The van der Waals surface area contributed by atoms with E-state index in [0.717, 1.165) is 6.42 Å². The minimum atomic E-state index is -0.384. The summed E-state index contributed by atoms with van der Waals surface area (Å²) in [6, 6.07) is 0. The van der Waals surface area contributed by atoms with Crippen LogP contribution in [0.1, 0.15) is 47.0 Å². The molecule has 6 heteroatoms. The summed E-state index contributed by atoms with van der Waals surface area (Å²) in [5, 5.41) is 2.98. The summed E-state index contributed by atoms with van der Waals surface area (Å²) in [4.78, 5) is 38.8. The smallest absolute Gasteiger partial charge is 0.233 e. The molecule has 2 aliphatic carbocycles. The summed E-state index contributed by atoms with van der Waals surface area (Å²) in [6.45, 7) is 8.62. The Bertz CT molecular complexity index is 595. The van der Waals surface area contributed by atoms with Crippen LogP contribution in [0.5, 0.6) is 0 Å². The summed E-state index contributed by atoms with van der Waals surface area (Å²) in [6.07, 6.45) is 6.10. The van der Waals surface area contributed by atoms with Gasteiger partial charge in [0.05, 0.1) is 17.9 Å². The Morgan fingerprint density at radius 1 is 1.23 bits per heavy atom. The normalized spacial score (nSPS) is 29.8. The molecule has 0 spiro atoms. The van der Waals surface area contributed by atoms with E-state index in [4.69, 9.17) is 4.74 Å². The summed E-state index contributed by atoms with van der Waals surface area (Å²) in [5.41, 5.74) is -0.384. The molecule has 1 heterocycles. The molecule has 0 aromatic heterocycles. The van der Waals surface area contributed by atoms with Gasteiger partial charge >= 0.3 is 0 Å². The van der Waals surface area contributed by atoms with Gasteiger partial charge in [-0.05, 0) is 52.4 Å². The van der Waals surface area contributed by atoms with E-state index in [2.05, 4.69) is 17.5 Å². The lowest BCUT2D eigenvalue weighted by atomic mass is 9.85. The van der Waals surface area contributed by atoms with Gasteiger partial charge in [-0.2, -0.15) is 0 Å². The van der Waals surface area contributed by atoms with Crippen molar-refractivity contribution in [1.82, 2.24) is 10.2 Å². The molecular weight excluding hydrogens is 332 g/mol. The van der Waals surface area contributed by atoms with Crippen LogP contribution in [0.2, 0.25) is 0 Å². The maximum Gasteiger partial charge on any atom is 0.233 e. The number of fused-ring (bicyclic) bond motifs is 5. The molecule has 4 atom stereocenters. The number of imide groups is 1. The Labute approximate surface area is 155 Å². The number of likely N-dealkylation sites (tertiary alicyclic amines) is 1. The van der Waals surface area contributed by atoms with Crippen LogP contribution in [-0.2, 0) is 19.1 Å². The minimum Gasteiger partial charge on any atom is -0.379 e. The van der Waals surface area contributed by atoms with E-state index in [1.54, 1.807) is 0 Å². The molecule has 0 aromatic rings. The van der Waals surface area contributed by atoms with Crippen LogP contribution in [0.15, 0.2) is 12.2 Å². The van der Waals surface area contributed by atoms with Crippen LogP contribution in [0.25, 0.3) is 0 Å². The van der Waals surface area contributed by atoms with Gasteiger partial charge in [-0.15, -0.1) is 0 Å². The largest absolute Gasteiger partial charge is 0.379 e. The van der Waals surface area contributed by atoms with Crippen molar-refractivity contribution in [1.29, 1.82) is 0 Å². The van der Waals surface area contributed by atoms with Gasteiger partial charge in [0.25, 0.3) is 0 Å². The molecule has 144 valence electrons. The average Bonchev–Trinajstić information content (AvgIpc) is 3.19. The number of hydrogen-bond acceptors (Lipinski definition) is 4. The fraction of sp³-hybridized carbons (Fsp3) is 0.750. The Kier molecular flexibility index (Phi) is 5.24. The first-order chi connectivity index (χ1) is 12.2. The Hall–Kier alpha value is -1.69. The van der Waals surface area contributed by atoms with Crippen LogP contribution >= 0.6 is 0 Å². The maximum atomic E-state index is 12.6.